The summed E-state index contributed by atoms with van der Waals surface area (Å²) in [6, 6.07) is 7.09. The van der Waals surface area contributed by atoms with Gasteiger partial charge in [-0.25, -0.2) is 4.98 Å². The minimum Gasteiger partial charge on any atom is -0.487 e. The predicted molar refractivity (Wildman–Crippen MR) is 140 cm³/mol. The number of carbonyl (C=O) groups is 1. The molecule has 0 saturated carbocycles. The van der Waals surface area contributed by atoms with Gasteiger partial charge in [0.1, 0.15) is 18.2 Å². The van der Waals surface area contributed by atoms with Crippen LogP contribution in [0, 0.1) is 6.92 Å². The molecule has 8 nitrogen and oxygen atoms in total. The van der Waals surface area contributed by atoms with Crippen molar-refractivity contribution in [1.82, 2.24) is 14.8 Å². The Bertz CT molecular complexity index is 1150. The van der Waals surface area contributed by atoms with Crippen LogP contribution in [0.4, 0.5) is 17.2 Å². The number of fused-ring (bicyclic) bond motifs is 2. The zero-order valence-electron chi connectivity index (χ0n) is 21.0. The van der Waals surface area contributed by atoms with E-state index in [9.17, 15) is 4.79 Å². The number of amides is 1. The van der Waals surface area contributed by atoms with Crippen LogP contribution in [0.25, 0.3) is 0 Å². The normalized spacial score (nSPS) is 20.9. The number of hydrogen-bond acceptors (Lipinski definition) is 7. The molecule has 1 amide bonds. The summed E-state index contributed by atoms with van der Waals surface area (Å²) in [5, 5.41) is 3.61. The lowest BCUT2D eigenvalue weighted by atomic mass is 9.88. The van der Waals surface area contributed by atoms with Crippen LogP contribution in [0.5, 0.6) is 5.75 Å². The SMILES string of the molecule is C=CC(=O)N1CC(N2CCC(c3ccc4c(c3)Nc3ncc(C)c(N5CCOCC5)c3CO4)CC2)C1. The first-order valence-electron chi connectivity index (χ1n) is 13.1. The molecule has 1 N–H and O–H groups in total. The van der Waals surface area contributed by atoms with Gasteiger partial charge in [-0.3, -0.25) is 9.69 Å². The molecule has 4 aliphatic rings. The second-order valence-electron chi connectivity index (χ2n) is 10.3. The highest BCUT2D eigenvalue weighted by atomic mass is 16.5. The van der Waals surface area contributed by atoms with E-state index in [1.54, 1.807) is 0 Å². The number of pyridine rings is 1. The van der Waals surface area contributed by atoms with Crippen molar-refractivity contribution in [1.29, 1.82) is 0 Å². The summed E-state index contributed by atoms with van der Waals surface area (Å²) >= 11 is 0. The number of aromatic nitrogens is 1. The molecule has 8 heteroatoms. The maximum Gasteiger partial charge on any atom is 0.246 e. The van der Waals surface area contributed by atoms with Gasteiger partial charge in [0.15, 0.2) is 0 Å². The lowest BCUT2D eigenvalue weighted by Crippen LogP contribution is -2.61. The van der Waals surface area contributed by atoms with Crippen LogP contribution in [-0.2, 0) is 16.1 Å². The van der Waals surface area contributed by atoms with E-state index in [0.29, 0.717) is 18.6 Å². The van der Waals surface area contributed by atoms with Crippen LogP contribution < -0.4 is 15.0 Å². The van der Waals surface area contributed by atoms with Crippen molar-refractivity contribution in [3.63, 3.8) is 0 Å². The largest absolute Gasteiger partial charge is 0.487 e. The molecule has 190 valence electrons. The fourth-order valence-electron chi connectivity index (χ4n) is 6.02. The van der Waals surface area contributed by atoms with Crippen molar-refractivity contribution < 1.29 is 14.3 Å². The molecule has 6 rings (SSSR count). The fourth-order valence-corrected chi connectivity index (χ4v) is 6.02. The molecule has 0 radical (unpaired) electrons. The smallest absolute Gasteiger partial charge is 0.246 e. The fraction of sp³-hybridized carbons (Fsp3) is 0.500. The number of carbonyl (C=O) groups excluding carboxylic acids is 1. The number of nitrogens with zero attached hydrogens (tertiary/aromatic N) is 4. The minimum absolute atomic E-state index is 0.0455. The summed E-state index contributed by atoms with van der Waals surface area (Å²) in [6.07, 6.45) is 5.63. The average Bonchev–Trinajstić information content (AvgIpc) is 3.07. The molecule has 3 fully saturated rings. The van der Waals surface area contributed by atoms with Crippen molar-refractivity contribution >= 4 is 23.1 Å². The van der Waals surface area contributed by atoms with Gasteiger partial charge in [-0.05, 0) is 68.1 Å². The van der Waals surface area contributed by atoms with E-state index in [0.717, 1.165) is 88.1 Å². The highest BCUT2D eigenvalue weighted by molar-refractivity contribution is 5.87. The number of aryl methyl sites for hydroxylation is 1. The second kappa shape index (κ2) is 9.75. The summed E-state index contributed by atoms with van der Waals surface area (Å²) in [4.78, 5) is 23.3. The predicted octanol–water partition coefficient (Wildman–Crippen LogP) is 3.44. The Morgan fingerprint density at radius 3 is 2.69 bits per heavy atom. The van der Waals surface area contributed by atoms with Gasteiger partial charge in [0, 0.05) is 38.4 Å². The van der Waals surface area contributed by atoms with E-state index in [2.05, 4.69) is 46.8 Å². The number of rotatable bonds is 4. The van der Waals surface area contributed by atoms with Gasteiger partial charge in [0.25, 0.3) is 0 Å². The third kappa shape index (κ3) is 4.33. The molecule has 5 heterocycles. The molecule has 3 saturated heterocycles. The van der Waals surface area contributed by atoms with E-state index >= 15 is 0 Å². The number of nitrogens with one attached hydrogen (secondary N) is 1. The van der Waals surface area contributed by atoms with Crippen molar-refractivity contribution in [3.05, 3.63) is 53.7 Å². The average molecular weight is 490 g/mol. The van der Waals surface area contributed by atoms with Gasteiger partial charge >= 0.3 is 0 Å². The number of likely N-dealkylation sites (tertiary alicyclic amines) is 2. The molecule has 1 aromatic carbocycles. The monoisotopic (exact) mass is 489 g/mol. The van der Waals surface area contributed by atoms with Crippen LogP contribution in [0.3, 0.4) is 0 Å². The van der Waals surface area contributed by atoms with Crippen molar-refractivity contribution in [2.45, 2.75) is 38.3 Å². The summed E-state index contributed by atoms with van der Waals surface area (Å²) in [5.41, 5.74) is 5.86. The topological polar surface area (TPSA) is 70.2 Å². The number of anilines is 3. The van der Waals surface area contributed by atoms with Crippen LogP contribution in [0.1, 0.15) is 35.4 Å². The summed E-state index contributed by atoms with van der Waals surface area (Å²) in [6.45, 7) is 13.3. The van der Waals surface area contributed by atoms with E-state index < -0.39 is 0 Å². The Hall–Kier alpha value is -3.10. The van der Waals surface area contributed by atoms with Gasteiger partial charge in [-0.1, -0.05) is 12.6 Å². The van der Waals surface area contributed by atoms with Crippen molar-refractivity contribution in [2.24, 2.45) is 0 Å². The lowest BCUT2D eigenvalue weighted by Gasteiger charge is -2.47. The van der Waals surface area contributed by atoms with E-state index in [1.807, 2.05) is 11.1 Å². The molecule has 0 unspecified atom stereocenters. The molecule has 0 bridgehead atoms. The number of benzene rings is 1. The van der Waals surface area contributed by atoms with Crippen LogP contribution in [0.2, 0.25) is 0 Å². The number of piperidine rings is 1. The lowest BCUT2D eigenvalue weighted by molar-refractivity contribution is -0.133. The molecule has 0 atom stereocenters. The Kier molecular flexibility index (Phi) is 6.31. The first-order chi connectivity index (χ1) is 17.6. The van der Waals surface area contributed by atoms with E-state index in [1.165, 1.54) is 22.9 Å². The maximum atomic E-state index is 11.8. The van der Waals surface area contributed by atoms with Crippen LogP contribution in [-0.4, -0.2) is 79.2 Å². The van der Waals surface area contributed by atoms with E-state index in [4.69, 9.17) is 14.5 Å². The number of morpholine rings is 1. The highest BCUT2D eigenvalue weighted by Gasteiger charge is 2.36. The standard InChI is InChI=1S/C28H35N5O3/c1-3-26(34)33-16-22(17-33)31-8-6-20(7-9-31)21-4-5-25-24(14-21)30-28-23(18-36-25)27(19(2)15-29-28)32-10-12-35-13-11-32/h3-5,14-15,20,22H,1,6-13,16-18H2,2H3,(H,29,30). The Labute approximate surface area is 212 Å². The third-order valence-corrected chi connectivity index (χ3v) is 8.15. The molecule has 36 heavy (non-hydrogen) atoms. The molecule has 0 aliphatic carbocycles. The highest BCUT2D eigenvalue weighted by Crippen LogP contribution is 2.41. The van der Waals surface area contributed by atoms with Gasteiger partial charge < -0.3 is 24.6 Å². The Balaban J connectivity index is 1.15. The molecule has 1 aromatic heterocycles. The first-order valence-corrected chi connectivity index (χ1v) is 13.1. The second-order valence-corrected chi connectivity index (χ2v) is 10.3. The van der Waals surface area contributed by atoms with Gasteiger partial charge in [0.05, 0.1) is 30.2 Å². The van der Waals surface area contributed by atoms with Crippen LogP contribution >= 0.6 is 0 Å². The summed E-state index contributed by atoms with van der Waals surface area (Å²) in [5.74, 6) is 2.33. The minimum atomic E-state index is 0.0455. The van der Waals surface area contributed by atoms with E-state index in [-0.39, 0.29) is 5.91 Å². The van der Waals surface area contributed by atoms with Crippen molar-refractivity contribution in [3.8, 4) is 5.75 Å². The Morgan fingerprint density at radius 2 is 1.94 bits per heavy atom. The number of ether oxygens (including phenoxy) is 2. The molecule has 0 spiro atoms. The summed E-state index contributed by atoms with van der Waals surface area (Å²) < 4.78 is 11.9. The molecule has 2 aromatic rings. The zero-order chi connectivity index (χ0) is 24.6. The first kappa shape index (κ1) is 23.3. The van der Waals surface area contributed by atoms with Crippen molar-refractivity contribution in [2.75, 3.05) is 62.7 Å². The van der Waals surface area contributed by atoms with Gasteiger partial charge in [0.2, 0.25) is 5.91 Å². The maximum absolute atomic E-state index is 11.8. The quantitative estimate of drug-likeness (QED) is 0.660. The molecular weight excluding hydrogens is 454 g/mol. The Morgan fingerprint density at radius 1 is 1.17 bits per heavy atom. The van der Waals surface area contributed by atoms with Crippen LogP contribution in [0.15, 0.2) is 37.1 Å². The molecule has 4 aliphatic heterocycles. The van der Waals surface area contributed by atoms with Gasteiger partial charge in [-0.15, -0.1) is 0 Å². The number of hydrogen-bond donors (Lipinski definition) is 1. The summed E-state index contributed by atoms with van der Waals surface area (Å²) in [7, 11) is 0. The van der Waals surface area contributed by atoms with Gasteiger partial charge in [-0.2, -0.15) is 0 Å². The molecular formula is C28H35N5O3. The zero-order valence-corrected chi connectivity index (χ0v) is 21.0. The third-order valence-electron chi connectivity index (χ3n) is 8.15.